The van der Waals surface area contributed by atoms with Crippen LogP contribution in [0, 0.1) is 0 Å². The average molecular weight is 318 g/mol. The van der Waals surface area contributed by atoms with E-state index in [9.17, 15) is 4.79 Å². The molecule has 0 unspecified atom stereocenters. The van der Waals surface area contributed by atoms with Crippen LogP contribution in [0.5, 0.6) is 5.88 Å². The van der Waals surface area contributed by atoms with E-state index in [4.69, 9.17) is 4.74 Å². The molecular weight excluding hydrogens is 304 g/mol. The Balaban J connectivity index is 1.74. The highest BCUT2D eigenvalue weighted by molar-refractivity contribution is 6.12. The van der Waals surface area contributed by atoms with Gasteiger partial charge in [-0.05, 0) is 24.3 Å². The predicted molar refractivity (Wildman–Crippen MR) is 92.3 cm³/mol. The summed E-state index contributed by atoms with van der Waals surface area (Å²) >= 11 is 0. The lowest BCUT2D eigenvalue weighted by atomic mass is 10.1. The maximum absolute atomic E-state index is 12.8. The summed E-state index contributed by atoms with van der Waals surface area (Å²) in [6.07, 6.45) is 1.74. The Morgan fingerprint density at radius 3 is 2.92 bits per heavy atom. The summed E-state index contributed by atoms with van der Waals surface area (Å²) in [6.45, 7) is 0. The first-order chi connectivity index (χ1) is 11.7. The number of carbonyl (C=O) groups is 1. The number of anilines is 1. The number of pyridine rings is 1. The minimum absolute atomic E-state index is 0.217. The van der Waals surface area contributed by atoms with Crippen LogP contribution in [0.4, 0.5) is 5.69 Å². The molecule has 4 aromatic rings. The third kappa shape index (κ3) is 2.44. The molecule has 2 aromatic heterocycles. The minimum Gasteiger partial charge on any atom is -0.481 e. The lowest BCUT2D eigenvalue weighted by molar-refractivity contribution is 0.102. The highest BCUT2D eigenvalue weighted by Crippen LogP contribution is 2.24. The first kappa shape index (κ1) is 14.2. The van der Waals surface area contributed by atoms with E-state index < -0.39 is 0 Å². The van der Waals surface area contributed by atoms with Gasteiger partial charge < -0.3 is 10.1 Å². The number of ether oxygens (including phenoxy) is 1. The molecule has 2 heterocycles. The van der Waals surface area contributed by atoms with Gasteiger partial charge in [-0.2, -0.15) is 5.10 Å². The van der Waals surface area contributed by atoms with E-state index in [1.165, 1.54) is 7.11 Å². The van der Waals surface area contributed by atoms with Crippen LogP contribution in [0.25, 0.3) is 21.8 Å². The summed E-state index contributed by atoms with van der Waals surface area (Å²) in [5, 5.41) is 11.6. The summed E-state index contributed by atoms with van der Waals surface area (Å²) in [6, 6.07) is 14.7. The zero-order valence-corrected chi connectivity index (χ0v) is 12.9. The molecule has 0 aliphatic carbocycles. The molecular formula is C18H14N4O2. The molecule has 0 radical (unpaired) electrons. The van der Waals surface area contributed by atoms with Crippen molar-refractivity contribution >= 4 is 33.4 Å². The summed E-state index contributed by atoms with van der Waals surface area (Å²) < 4.78 is 5.21. The third-order valence-corrected chi connectivity index (χ3v) is 3.85. The molecule has 24 heavy (non-hydrogen) atoms. The Morgan fingerprint density at radius 1 is 1.17 bits per heavy atom. The fourth-order valence-corrected chi connectivity index (χ4v) is 2.66. The van der Waals surface area contributed by atoms with Gasteiger partial charge in [-0.25, -0.2) is 4.98 Å². The van der Waals surface area contributed by atoms with Crippen LogP contribution in [-0.4, -0.2) is 28.2 Å². The largest absolute Gasteiger partial charge is 0.481 e. The smallest absolute Gasteiger partial charge is 0.256 e. The first-order valence-corrected chi connectivity index (χ1v) is 7.43. The van der Waals surface area contributed by atoms with Gasteiger partial charge in [-0.15, -0.1) is 0 Å². The van der Waals surface area contributed by atoms with Crippen molar-refractivity contribution in [1.29, 1.82) is 0 Å². The van der Waals surface area contributed by atoms with Gasteiger partial charge in [-0.3, -0.25) is 9.89 Å². The molecule has 0 bridgehead atoms. The Hall–Kier alpha value is -3.41. The topological polar surface area (TPSA) is 79.9 Å². The maximum Gasteiger partial charge on any atom is 0.256 e. The summed E-state index contributed by atoms with van der Waals surface area (Å²) in [4.78, 5) is 17.1. The molecule has 0 aliphatic heterocycles. The number of nitrogens with zero attached hydrogens (tertiary/aromatic N) is 2. The molecule has 0 atom stereocenters. The number of benzene rings is 2. The van der Waals surface area contributed by atoms with Gasteiger partial charge >= 0.3 is 0 Å². The second-order valence-corrected chi connectivity index (χ2v) is 5.36. The van der Waals surface area contributed by atoms with Gasteiger partial charge in [0.15, 0.2) is 0 Å². The molecule has 0 saturated heterocycles. The van der Waals surface area contributed by atoms with Crippen molar-refractivity contribution in [2.24, 2.45) is 0 Å². The molecule has 0 aliphatic rings. The number of hydrogen-bond acceptors (Lipinski definition) is 4. The number of amides is 1. The van der Waals surface area contributed by atoms with Crippen LogP contribution < -0.4 is 10.1 Å². The standard InChI is InChI=1S/C18H14N4O2/c1-24-17-9-14(13-4-2-3-5-15(13)21-17)18(23)20-12-7-6-11-10-19-22-16(11)8-12/h2-10H,1H3,(H,19,22)(H,20,23). The van der Waals surface area contributed by atoms with Crippen LogP contribution in [0.1, 0.15) is 10.4 Å². The van der Waals surface area contributed by atoms with Gasteiger partial charge in [0.25, 0.3) is 5.91 Å². The number of aromatic amines is 1. The molecule has 2 N–H and O–H groups in total. The minimum atomic E-state index is -0.217. The SMILES string of the molecule is COc1cc(C(=O)Nc2ccc3cn[nH]c3c2)c2ccccc2n1. The number of aromatic nitrogens is 3. The zero-order valence-electron chi connectivity index (χ0n) is 12.9. The van der Waals surface area contributed by atoms with E-state index in [0.717, 1.165) is 16.3 Å². The van der Waals surface area contributed by atoms with Gasteiger partial charge in [0.2, 0.25) is 5.88 Å². The quantitative estimate of drug-likeness (QED) is 0.607. The van der Waals surface area contributed by atoms with E-state index in [-0.39, 0.29) is 5.91 Å². The third-order valence-electron chi connectivity index (χ3n) is 3.85. The Kier molecular flexibility index (Phi) is 3.35. The molecule has 0 fully saturated rings. The maximum atomic E-state index is 12.8. The van der Waals surface area contributed by atoms with Gasteiger partial charge in [0.1, 0.15) is 0 Å². The summed E-state index contributed by atoms with van der Waals surface area (Å²) in [7, 11) is 1.53. The molecule has 4 rings (SSSR count). The van der Waals surface area contributed by atoms with Crippen molar-refractivity contribution in [1.82, 2.24) is 15.2 Å². The van der Waals surface area contributed by atoms with Crippen LogP contribution >= 0.6 is 0 Å². The van der Waals surface area contributed by atoms with Crippen LogP contribution in [0.2, 0.25) is 0 Å². The average Bonchev–Trinajstić information content (AvgIpc) is 3.08. The molecule has 6 nitrogen and oxygen atoms in total. The van der Waals surface area contributed by atoms with Gasteiger partial charge in [0, 0.05) is 22.5 Å². The highest BCUT2D eigenvalue weighted by Gasteiger charge is 2.14. The lowest BCUT2D eigenvalue weighted by Gasteiger charge is -2.10. The number of carbonyl (C=O) groups excluding carboxylic acids is 1. The Morgan fingerprint density at radius 2 is 2.04 bits per heavy atom. The second-order valence-electron chi connectivity index (χ2n) is 5.36. The van der Waals surface area contributed by atoms with Crippen molar-refractivity contribution in [2.45, 2.75) is 0 Å². The number of rotatable bonds is 3. The highest BCUT2D eigenvalue weighted by atomic mass is 16.5. The Bertz CT molecular complexity index is 1060. The monoisotopic (exact) mass is 318 g/mol. The molecule has 1 amide bonds. The molecule has 0 saturated carbocycles. The number of para-hydroxylation sites is 1. The summed E-state index contributed by atoms with van der Waals surface area (Å²) in [5.74, 6) is 0.189. The van der Waals surface area contributed by atoms with Crippen LogP contribution in [0.15, 0.2) is 54.7 Å². The number of H-pyrrole nitrogens is 1. The van der Waals surface area contributed by atoms with Crippen LogP contribution in [0.3, 0.4) is 0 Å². The predicted octanol–water partition coefficient (Wildman–Crippen LogP) is 3.37. The van der Waals surface area contributed by atoms with Crippen molar-refractivity contribution < 1.29 is 9.53 Å². The number of nitrogens with one attached hydrogen (secondary N) is 2. The Labute approximate surface area is 137 Å². The molecule has 118 valence electrons. The van der Waals surface area contributed by atoms with E-state index >= 15 is 0 Å². The van der Waals surface area contributed by atoms with E-state index in [1.807, 2.05) is 42.5 Å². The van der Waals surface area contributed by atoms with Crippen molar-refractivity contribution in [3.8, 4) is 5.88 Å². The number of hydrogen-bond donors (Lipinski definition) is 2. The van der Waals surface area contributed by atoms with E-state index in [2.05, 4.69) is 20.5 Å². The summed E-state index contributed by atoms with van der Waals surface area (Å²) in [5.41, 5.74) is 2.79. The van der Waals surface area contributed by atoms with Gasteiger partial charge in [0.05, 0.1) is 29.9 Å². The molecule has 6 heteroatoms. The number of methoxy groups -OCH3 is 1. The fraction of sp³-hybridized carbons (Fsp3) is 0.0556. The lowest BCUT2D eigenvalue weighted by Crippen LogP contribution is -2.13. The molecule has 2 aromatic carbocycles. The van der Waals surface area contributed by atoms with E-state index in [1.54, 1.807) is 12.3 Å². The normalized spacial score (nSPS) is 10.9. The van der Waals surface area contributed by atoms with Gasteiger partial charge in [-0.1, -0.05) is 18.2 Å². The van der Waals surface area contributed by atoms with Crippen molar-refractivity contribution in [2.75, 3.05) is 12.4 Å². The number of fused-ring (bicyclic) bond motifs is 2. The molecule has 0 spiro atoms. The van der Waals surface area contributed by atoms with Crippen molar-refractivity contribution in [3.05, 3.63) is 60.3 Å². The van der Waals surface area contributed by atoms with E-state index in [0.29, 0.717) is 22.6 Å². The van der Waals surface area contributed by atoms with Crippen molar-refractivity contribution in [3.63, 3.8) is 0 Å². The second kappa shape index (κ2) is 5.66. The zero-order chi connectivity index (χ0) is 16.5. The van der Waals surface area contributed by atoms with Crippen LogP contribution in [-0.2, 0) is 0 Å². The first-order valence-electron chi connectivity index (χ1n) is 7.43. The fourth-order valence-electron chi connectivity index (χ4n) is 2.66.